The van der Waals surface area contributed by atoms with Gasteiger partial charge in [-0.05, 0) is 31.0 Å². The van der Waals surface area contributed by atoms with Crippen molar-refractivity contribution in [1.82, 2.24) is 5.32 Å². The van der Waals surface area contributed by atoms with Crippen LogP contribution >= 0.6 is 23.8 Å². The average molecular weight is 313 g/mol. The third-order valence-electron chi connectivity index (χ3n) is 3.30. The van der Waals surface area contributed by atoms with Crippen molar-refractivity contribution in [2.24, 2.45) is 5.73 Å². The Balaban J connectivity index is 1.86. The maximum Gasteiger partial charge on any atom is 0.258 e. The van der Waals surface area contributed by atoms with E-state index in [4.69, 9.17) is 34.3 Å². The number of amides is 1. The van der Waals surface area contributed by atoms with Gasteiger partial charge in [-0.1, -0.05) is 36.7 Å². The highest BCUT2D eigenvalue weighted by atomic mass is 35.5. The van der Waals surface area contributed by atoms with Gasteiger partial charge < -0.3 is 15.8 Å². The lowest BCUT2D eigenvalue weighted by Crippen LogP contribution is -2.36. The van der Waals surface area contributed by atoms with Crippen LogP contribution in [0.2, 0.25) is 5.02 Å². The molecule has 6 heteroatoms. The zero-order chi connectivity index (χ0) is 14.5. The standard InChI is InChI=1S/C14H17ClN2O2S/c15-11-7-9(14(16)20)5-6-12(11)19-8-13(18)17-10-3-1-2-4-10/h5-7,10H,1-4,8H2,(H2,16,20)(H,17,18). The molecule has 0 bridgehead atoms. The van der Waals surface area contributed by atoms with Crippen LogP contribution < -0.4 is 15.8 Å². The van der Waals surface area contributed by atoms with E-state index in [0.29, 0.717) is 22.4 Å². The Bertz CT molecular complexity index is 516. The third kappa shape index (κ3) is 4.08. The number of carbonyl (C=O) groups excluding carboxylic acids is 1. The first-order valence-corrected chi connectivity index (χ1v) is 7.36. The zero-order valence-corrected chi connectivity index (χ0v) is 12.6. The minimum Gasteiger partial charge on any atom is -0.482 e. The molecule has 0 spiro atoms. The molecule has 0 atom stereocenters. The van der Waals surface area contributed by atoms with Crippen LogP contribution in [-0.4, -0.2) is 23.5 Å². The number of hydrogen-bond acceptors (Lipinski definition) is 3. The first-order chi connectivity index (χ1) is 9.56. The molecular weight excluding hydrogens is 296 g/mol. The maximum atomic E-state index is 11.7. The summed E-state index contributed by atoms with van der Waals surface area (Å²) in [5.74, 6) is 0.333. The van der Waals surface area contributed by atoms with Gasteiger partial charge in [-0.2, -0.15) is 0 Å². The molecule has 0 radical (unpaired) electrons. The highest BCUT2D eigenvalue weighted by Gasteiger charge is 2.17. The van der Waals surface area contributed by atoms with E-state index in [1.165, 1.54) is 12.8 Å². The predicted molar refractivity (Wildman–Crippen MR) is 83.2 cm³/mol. The van der Waals surface area contributed by atoms with Crippen molar-refractivity contribution >= 4 is 34.7 Å². The molecule has 1 amide bonds. The van der Waals surface area contributed by atoms with Crippen molar-refractivity contribution in [3.63, 3.8) is 0 Å². The molecule has 2 rings (SSSR count). The average Bonchev–Trinajstić information content (AvgIpc) is 2.90. The molecule has 3 N–H and O–H groups in total. The second-order valence-corrected chi connectivity index (χ2v) is 5.69. The fourth-order valence-electron chi connectivity index (χ4n) is 2.25. The smallest absolute Gasteiger partial charge is 0.258 e. The van der Waals surface area contributed by atoms with Gasteiger partial charge in [-0.25, -0.2) is 0 Å². The Hall–Kier alpha value is -1.33. The fourth-order valence-corrected chi connectivity index (χ4v) is 2.62. The van der Waals surface area contributed by atoms with E-state index >= 15 is 0 Å². The number of hydrogen-bond donors (Lipinski definition) is 2. The molecule has 1 saturated carbocycles. The summed E-state index contributed by atoms with van der Waals surface area (Å²) >= 11 is 10.9. The molecule has 1 aromatic carbocycles. The van der Waals surface area contributed by atoms with Gasteiger partial charge in [0, 0.05) is 11.6 Å². The highest BCUT2D eigenvalue weighted by Crippen LogP contribution is 2.25. The normalized spacial score (nSPS) is 15.1. The summed E-state index contributed by atoms with van der Waals surface area (Å²) < 4.78 is 5.42. The van der Waals surface area contributed by atoms with E-state index in [0.717, 1.165) is 12.8 Å². The van der Waals surface area contributed by atoms with Gasteiger partial charge in [0.25, 0.3) is 5.91 Å². The summed E-state index contributed by atoms with van der Waals surface area (Å²) in [6.45, 7) is -0.0390. The first-order valence-electron chi connectivity index (χ1n) is 6.58. The number of thiocarbonyl (C=S) groups is 1. The predicted octanol–water partition coefficient (Wildman–Crippen LogP) is 2.41. The van der Waals surface area contributed by atoms with Gasteiger partial charge in [0.1, 0.15) is 10.7 Å². The van der Waals surface area contributed by atoms with Crippen LogP contribution in [0.1, 0.15) is 31.2 Å². The Morgan fingerprint density at radius 1 is 1.45 bits per heavy atom. The molecule has 1 aliphatic carbocycles. The summed E-state index contributed by atoms with van der Waals surface area (Å²) in [5, 5.41) is 3.34. The molecule has 0 aliphatic heterocycles. The minimum absolute atomic E-state index is 0.0390. The van der Waals surface area contributed by atoms with E-state index in [-0.39, 0.29) is 17.5 Å². The minimum atomic E-state index is -0.119. The van der Waals surface area contributed by atoms with Crippen LogP contribution in [0.25, 0.3) is 0 Å². The molecule has 4 nitrogen and oxygen atoms in total. The van der Waals surface area contributed by atoms with Crippen LogP contribution in [0.4, 0.5) is 0 Å². The Morgan fingerprint density at radius 3 is 2.75 bits per heavy atom. The monoisotopic (exact) mass is 312 g/mol. The van der Waals surface area contributed by atoms with E-state index in [2.05, 4.69) is 5.32 Å². The van der Waals surface area contributed by atoms with E-state index in [9.17, 15) is 4.79 Å². The lowest BCUT2D eigenvalue weighted by atomic mass is 10.2. The highest BCUT2D eigenvalue weighted by molar-refractivity contribution is 7.80. The SMILES string of the molecule is NC(=S)c1ccc(OCC(=O)NC2CCCC2)c(Cl)c1. The number of nitrogens with one attached hydrogen (secondary N) is 1. The Labute approximate surface area is 128 Å². The van der Waals surface area contributed by atoms with Crippen LogP contribution in [0.15, 0.2) is 18.2 Å². The van der Waals surface area contributed by atoms with Crippen LogP contribution in [0.5, 0.6) is 5.75 Å². The van der Waals surface area contributed by atoms with Crippen molar-refractivity contribution in [1.29, 1.82) is 0 Å². The van der Waals surface area contributed by atoms with Gasteiger partial charge in [-0.15, -0.1) is 0 Å². The lowest BCUT2D eigenvalue weighted by Gasteiger charge is -2.13. The Kier molecular flexibility index (Phi) is 5.20. The number of benzene rings is 1. The molecule has 20 heavy (non-hydrogen) atoms. The molecule has 0 aromatic heterocycles. The second kappa shape index (κ2) is 6.90. The number of rotatable bonds is 5. The van der Waals surface area contributed by atoms with Crippen LogP contribution in [0, 0.1) is 0 Å². The van der Waals surface area contributed by atoms with Gasteiger partial charge >= 0.3 is 0 Å². The third-order valence-corrected chi connectivity index (χ3v) is 3.83. The van der Waals surface area contributed by atoms with Gasteiger partial charge in [0.05, 0.1) is 5.02 Å². The summed E-state index contributed by atoms with van der Waals surface area (Å²) in [4.78, 5) is 12.0. The van der Waals surface area contributed by atoms with Crippen molar-refractivity contribution in [2.45, 2.75) is 31.7 Å². The summed E-state index contributed by atoms with van der Waals surface area (Å²) in [7, 11) is 0. The molecule has 1 fully saturated rings. The van der Waals surface area contributed by atoms with Gasteiger partial charge in [-0.3, -0.25) is 4.79 Å². The molecule has 0 heterocycles. The van der Waals surface area contributed by atoms with Crippen molar-refractivity contribution in [2.75, 3.05) is 6.61 Å². The molecule has 1 aliphatic rings. The number of nitrogens with two attached hydrogens (primary N) is 1. The van der Waals surface area contributed by atoms with Crippen molar-refractivity contribution < 1.29 is 9.53 Å². The fraction of sp³-hybridized carbons (Fsp3) is 0.429. The van der Waals surface area contributed by atoms with Crippen LogP contribution in [0.3, 0.4) is 0 Å². The maximum absolute atomic E-state index is 11.7. The van der Waals surface area contributed by atoms with E-state index in [1.54, 1.807) is 18.2 Å². The molecule has 0 saturated heterocycles. The molecule has 0 unspecified atom stereocenters. The molecular formula is C14H17ClN2O2S. The second-order valence-electron chi connectivity index (χ2n) is 4.85. The topological polar surface area (TPSA) is 64.3 Å². The first kappa shape index (κ1) is 15.1. The zero-order valence-electron chi connectivity index (χ0n) is 11.0. The van der Waals surface area contributed by atoms with E-state index < -0.39 is 0 Å². The molecule has 1 aromatic rings. The van der Waals surface area contributed by atoms with E-state index in [1.807, 2.05) is 0 Å². The van der Waals surface area contributed by atoms with Gasteiger partial charge in [0.15, 0.2) is 6.61 Å². The number of carbonyl (C=O) groups is 1. The summed E-state index contributed by atoms with van der Waals surface area (Å²) in [5.41, 5.74) is 6.19. The number of ether oxygens (including phenoxy) is 1. The van der Waals surface area contributed by atoms with Crippen molar-refractivity contribution in [3.05, 3.63) is 28.8 Å². The quantitative estimate of drug-likeness (QED) is 0.820. The summed E-state index contributed by atoms with van der Waals surface area (Å²) in [6, 6.07) is 5.31. The summed E-state index contributed by atoms with van der Waals surface area (Å²) in [6.07, 6.45) is 4.46. The lowest BCUT2D eigenvalue weighted by molar-refractivity contribution is -0.123. The van der Waals surface area contributed by atoms with Gasteiger partial charge in [0.2, 0.25) is 0 Å². The van der Waals surface area contributed by atoms with Crippen molar-refractivity contribution in [3.8, 4) is 5.75 Å². The molecule has 108 valence electrons. The largest absolute Gasteiger partial charge is 0.482 e. The van der Waals surface area contributed by atoms with Crippen LogP contribution in [-0.2, 0) is 4.79 Å². The number of halogens is 1. The Morgan fingerprint density at radius 2 is 2.15 bits per heavy atom.